The Morgan fingerprint density at radius 3 is 2.62 bits per heavy atom. The molecule has 3 aromatic rings. The quantitative estimate of drug-likeness (QED) is 0.569. The van der Waals surface area contributed by atoms with Crippen LogP contribution in [0.25, 0.3) is 16.7 Å². The average Bonchev–Trinajstić information content (AvgIpc) is 2.93. The van der Waals surface area contributed by atoms with Crippen molar-refractivity contribution in [3.8, 4) is 0 Å². The van der Waals surface area contributed by atoms with Crippen LogP contribution in [0, 0.1) is 0 Å². The first-order valence-corrected chi connectivity index (χ1v) is 7.09. The summed E-state index contributed by atoms with van der Waals surface area (Å²) in [6.45, 7) is 0. The molecular weight excluding hydrogens is 332 g/mol. The van der Waals surface area contributed by atoms with Gasteiger partial charge in [0.05, 0.1) is 5.57 Å². The number of hydrogen-bond donors (Lipinski definition) is 1. The number of carbonyl (C=O) groups excluding carboxylic acids is 1. The van der Waals surface area contributed by atoms with Gasteiger partial charge in [-0.3, -0.25) is 4.79 Å². The lowest BCUT2D eigenvalue weighted by Crippen LogP contribution is -1.93. The van der Waals surface area contributed by atoms with Gasteiger partial charge in [-0.2, -0.15) is 0 Å². The molecule has 0 aliphatic rings. The van der Waals surface area contributed by atoms with Gasteiger partial charge in [0.15, 0.2) is 11.9 Å². The summed E-state index contributed by atoms with van der Waals surface area (Å²) in [7, 11) is 0. The zero-order valence-electron chi connectivity index (χ0n) is 10.9. The third kappa shape index (κ3) is 3.03. The molecule has 104 valence electrons. The molecule has 0 atom stereocenters. The number of nitrogens with zero attached hydrogens (tertiary/aromatic N) is 1. The van der Waals surface area contributed by atoms with Crippen molar-refractivity contribution in [1.82, 2.24) is 4.98 Å². The Bertz CT molecular complexity index is 774. The van der Waals surface area contributed by atoms with E-state index in [0.717, 1.165) is 22.0 Å². The van der Waals surface area contributed by atoms with Gasteiger partial charge in [-0.1, -0.05) is 28.1 Å². The predicted molar refractivity (Wildman–Crippen MR) is 85.8 cm³/mol. The highest BCUT2D eigenvalue weighted by molar-refractivity contribution is 9.10. The Morgan fingerprint density at radius 2 is 1.90 bits per heavy atom. The Balaban J connectivity index is 1.88. The molecule has 0 saturated heterocycles. The number of oxazole rings is 1. The number of para-hydroxylation sites is 2. The average molecular weight is 343 g/mol. The molecule has 0 spiro atoms. The van der Waals surface area contributed by atoms with E-state index in [2.05, 4.69) is 26.2 Å². The van der Waals surface area contributed by atoms with E-state index >= 15 is 0 Å². The second-order valence-electron chi connectivity index (χ2n) is 4.36. The summed E-state index contributed by atoms with van der Waals surface area (Å²) in [5.74, 6) is 0.302. The number of carbonyl (C=O) groups is 1. The second kappa shape index (κ2) is 5.93. The Morgan fingerprint density at radius 1 is 1.14 bits per heavy atom. The Hall–Kier alpha value is -2.40. The first kappa shape index (κ1) is 13.6. The summed E-state index contributed by atoms with van der Waals surface area (Å²) < 4.78 is 6.56. The summed E-state index contributed by atoms with van der Waals surface area (Å²) in [5, 5.41) is 3.05. The fourth-order valence-corrected chi connectivity index (χ4v) is 2.11. The molecular formula is C16H11BrN2O2. The van der Waals surface area contributed by atoms with Crippen LogP contribution in [0.3, 0.4) is 0 Å². The molecule has 0 saturated carbocycles. The van der Waals surface area contributed by atoms with Gasteiger partial charge in [0.2, 0.25) is 5.89 Å². The maximum Gasteiger partial charge on any atom is 0.232 e. The van der Waals surface area contributed by atoms with Crippen LogP contribution in [-0.2, 0) is 4.79 Å². The number of rotatable bonds is 4. The van der Waals surface area contributed by atoms with E-state index in [0.29, 0.717) is 17.0 Å². The molecule has 0 bridgehead atoms. The van der Waals surface area contributed by atoms with E-state index in [1.807, 2.05) is 48.5 Å². The highest BCUT2D eigenvalue weighted by Crippen LogP contribution is 2.20. The van der Waals surface area contributed by atoms with E-state index in [1.165, 1.54) is 0 Å². The summed E-state index contributed by atoms with van der Waals surface area (Å²) in [6.07, 6.45) is 2.30. The molecule has 1 heterocycles. The van der Waals surface area contributed by atoms with Gasteiger partial charge in [-0.25, -0.2) is 4.98 Å². The SMILES string of the molecule is O=CC(=CNc1ccc(Br)cc1)c1nc2ccccc2o1. The van der Waals surface area contributed by atoms with Crippen LogP contribution >= 0.6 is 15.9 Å². The molecule has 5 heteroatoms. The van der Waals surface area contributed by atoms with Crippen LogP contribution in [0.4, 0.5) is 5.69 Å². The number of aromatic nitrogens is 1. The van der Waals surface area contributed by atoms with Crippen molar-refractivity contribution < 1.29 is 9.21 Å². The van der Waals surface area contributed by atoms with Crippen molar-refractivity contribution in [1.29, 1.82) is 0 Å². The summed E-state index contributed by atoms with van der Waals surface area (Å²) in [4.78, 5) is 15.5. The van der Waals surface area contributed by atoms with Gasteiger partial charge < -0.3 is 9.73 Å². The van der Waals surface area contributed by atoms with Gasteiger partial charge >= 0.3 is 0 Å². The van der Waals surface area contributed by atoms with Crippen LogP contribution in [0.1, 0.15) is 5.89 Å². The fraction of sp³-hybridized carbons (Fsp3) is 0. The molecule has 2 aromatic carbocycles. The van der Waals surface area contributed by atoms with E-state index in [-0.39, 0.29) is 0 Å². The molecule has 0 aliphatic heterocycles. The minimum absolute atomic E-state index is 0.302. The maximum absolute atomic E-state index is 11.2. The van der Waals surface area contributed by atoms with E-state index < -0.39 is 0 Å². The Kier molecular flexibility index (Phi) is 3.83. The summed E-state index contributed by atoms with van der Waals surface area (Å²) >= 11 is 3.37. The molecule has 1 aromatic heterocycles. The smallest absolute Gasteiger partial charge is 0.232 e. The highest BCUT2D eigenvalue weighted by atomic mass is 79.9. The van der Waals surface area contributed by atoms with Crippen LogP contribution in [0.15, 0.2) is 63.6 Å². The standard InChI is InChI=1S/C16H11BrN2O2/c17-12-5-7-13(8-6-12)18-9-11(10-20)16-19-14-3-1-2-4-15(14)21-16/h1-10,18H. The third-order valence-electron chi connectivity index (χ3n) is 2.91. The van der Waals surface area contributed by atoms with E-state index in [4.69, 9.17) is 4.42 Å². The highest BCUT2D eigenvalue weighted by Gasteiger charge is 2.09. The summed E-state index contributed by atoms with van der Waals surface area (Å²) in [6, 6.07) is 15.0. The van der Waals surface area contributed by atoms with Crippen molar-refractivity contribution in [2.45, 2.75) is 0 Å². The van der Waals surface area contributed by atoms with Crippen LogP contribution in [0.2, 0.25) is 0 Å². The van der Waals surface area contributed by atoms with Crippen LogP contribution in [0.5, 0.6) is 0 Å². The maximum atomic E-state index is 11.2. The molecule has 4 nitrogen and oxygen atoms in total. The lowest BCUT2D eigenvalue weighted by molar-refractivity contribution is -0.103. The molecule has 0 unspecified atom stereocenters. The molecule has 0 aliphatic carbocycles. The van der Waals surface area contributed by atoms with Crippen molar-refractivity contribution in [3.05, 3.63) is 65.1 Å². The van der Waals surface area contributed by atoms with E-state index in [9.17, 15) is 4.79 Å². The minimum Gasteiger partial charge on any atom is -0.436 e. The molecule has 1 N–H and O–H groups in total. The minimum atomic E-state index is 0.302. The molecule has 0 radical (unpaired) electrons. The second-order valence-corrected chi connectivity index (χ2v) is 5.27. The number of fused-ring (bicyclic) bond motifs is 1. The molecule has 0 amide bonds. The van der Waals surface area contributed by atoms with Gasteiger partial charge in [-0.05, 0) is 36.4 Å². The van der Waals surface area contributed by atoms with Gasteiger partial charge in [0.25, 0.3) is 0 Å². The van der Waals surface area contributed by atoms with Gasteiger partial charge in [0, 0.05) is 16.4 Å². The molecule has 21 heavy (non-hydrogen) atoms. The molecule has 3 rings (SSSR count). The topological polar surface area (TPSA) is 55.1 Å². The fourth-order valence-electron chi connectivity index (χ4n) is 1.85. The third-order valence-corrected chi connectivity index (χ3v) is 3.44. The number of anilines is 1. The largest absolute Gasteiger partial charge is 0.436 e. The number of hydrogen-bond acceptors (Lipinski definition) is 4. The van der Waals surface area contributed by atoms with Gasteiger partial charge in [-0.15, -0.1) is 0 Å². The number of halogens is 1. The number of benzene rings is 2. The van der Waals surface area contributed by atoms with Crippen molar-refractivity contribution in [2.75, 3.05) is 5.32 Å². The monoisotopic (exact) mass is 342 g/mol. The normalized spacial score (nSPS) is 11.6. The zero-order valence-corrected chi connectivity index (χ0v) is 12.5. The first-order valence-electron chi connectivity index (χ1n) is 6.29. The zero-order chi connectivity index (χ0) is 14.7. The number of aldehydes is 1. The number of nitrogens with one attached hydrogen (secondary N) is 1. The predicted octanol–water partition coefficient (Wildman–Crippen LogP) is 4.24. The van der Waals surface area contributed by atoms with Crippen molar-refractivity contribution in [2.24, 2.45) is 0 Å². The lowest BCUT2D eigenvalue weighted by atomic mass is 10.3. The van der Waals surface area contributed by atoms with E-state index in [1.54, 1.807) is 6.20 Å². The van der Waals surface area contributed by atoms with Crippen LogP contribution < -0.4 is 5.32 Å². The lowest BCUT2D eigenvalue weighted by Gasteiger charge is -2.01. The van der Waals surface area contributed by atoms with Crippen molar-refractivity contribution >= 4 is 44.6 Å². The number of allylic oxidation sites excluding steroid dienone is 1. The van der Waals surface area contributed by atoms with Gasteiger partial charge in [0.1, 0.15) is 5.52 Å². The van der Waals surface area contributed by atoms with Crippen LogP contribution in [-0.4, -0.2) is 11.3 Å². The van der Waals surface area contributed by atoms with Crippen molar-refractivity contribution in [3.63, 3.8) is 0 Å². The summed E-state index contributed by atoms with van der Waals surface area (Å²) in [5.41, 5.74) is 2.61. The first-order chi connectivity index (χ1) is 10.3. The molecule has 0 fully saturated rings. The Labute approximate surface area is 129 Å².